The van der Waals surface area contributed by atoms with Crippen LogP contribution < -0.4 is 0 Å². The minimum Gasteiger partial charge on any atom is -0.457 e. The molecule has 5 nitrogen and oxygen atoms in total. The number of allylic oxidation sites excluding steroid dienone is 1. The molecule has 0 N–H and O–H groups in total. The van der Waals surface area contributed by atoms with Gasteiger partial charge in [0, 0.05) is 36.1 Å². The first-order valence-corrected chi connectivity index (χ1v) is 12.1. The molecule has 0 aliphatic carbocycles. The highest BCUT2D eigenvalue weighted by Gasteiger charge is 2.37. The zero-order valence-electron chi connectivity index (χ0n) is 19.1. The van der Waals surface area contributed by atoms with Crippen LogP contribution in [0.1, 0.15) is 49.7 Å². The van der Waals surface area contributed by atoms with E-state index in [-0.39, 0.29) is 30.8 Å². The second-order valence-corrected chi connectivity index (χ2v) is 9.25. The van der Waals surface area contributed by atoms with Crippen molar-refractivity contribution in [3.63, 3.8) is 0 Å². The van der Waals surface area contributed by atoms with Crippen molar-refractivity contribution in [1.29, 1.82) is 0 Å². The fourth-order valence-electron chi connectivity index (χ4n) is 4.76. The van der Waals surface area contributed by atoms with E-state index in [0.29, 0.717) is 22.8 Å². The Morgan fingerprint density at radius 1 is 1.00 bits per heavy atom. The largest absolute Gasteiger partial charge is 0.457 e. The molecule has 1 unspecified atom stereocenters. The van der Waals surface area contributed by atoms with Crippen molar-refractivity contribution in [1.82, 2.24) is 9.80 Å². The second-order valence-electron chi connectivity index (χ2n) is 8.82. The Hall–Kier alpha value is -2.63. The van der Waals surface area contributed by atoms with Crippen molar-refractivity contribution in [2.24, 2.45) is 0 Å². The topological polar surface area (TPSA) is 49.9 Å². The first-order chi connectivity index (χ1) is 16.0. The van der Waals surface area contributed by atoms with Crippen LogP contribution in [0.5, 0.6) is 0 Å². The van der Waals surface area contributed by atoms with Gasteiger partial charge in [0.2, 0.25) is 5.91 Å². The lowest BCUT2D eigenvalue weighted by Gasteiger charge is -2.36. The van der Waals surface area contributed by atoms with Crippen LogP contribution in [0.2, 0.25) is 5.02 Å². The Kier molecular flexibility index (Phi) is 7.84. The molecule has 4 rings (SSSR count). The second kappa shape index (κ2) is 11.0. The third kappa shape index (κ3) is 5.84. The molecule has 0 spiro atoms. The number of nitrogens with zero attached hydrogens (tertiary/aromatic N) is 2. The van der Waals surface area contributed by atoms with Gasteiger partial charge in [-0.25, -0.2) is 4.79 Å². The van der Waals surface area contributed by atoms with Gasteiger partial charge >= 0.3 is 5.97 Å². The number of piperidine rings is 1. The number of hydrogen-bond acceptors (Lipinski definition) is 4. The third-order valence-electron chi connectivity index (χ3n) is 6.62. The molecule has 2 heterocycles. The summed E-state index contributed by atoms with van der Waals surface area (Å²) in [7, 11) is 0. The molecule has 6 heteroatoms. The number of hydrogen-bond donors (Lipinski definition) is 0. The SMILES string of the molecule is CC1=C(C(=O)OCc2ccccc2)C(c2ccc(Cl)cc2)CC(=O)N1CCN1CCCCC1. The lowest BCUT2D eigenvalue weighted by atomic mass is 9.83. The Balaban J connectivity index is 1.58. The number of amides is 1. The first kappa shape index (κ1) is 23.5. The Bertz CT molecular complexity index is 998. The van der Waals surface area contributed by atoms with Crippen LogP contribution >= 0.6 is 11.6 Å². The van der Waals surface area contributed by atoms with Crippen molar-refractivity contribution >= 4 is 23.5 Å². The van der Waals surface area contributed by atoms with Crippen molar-refractivity contribution in [2.45, 2.75) is 45.1 Å². The lowest BCUT2D eigenvalue weighted by Crippen LogP contribution is -2.43. The molecule has 2 aromatic rings. The van der Waals surface area contributed by atoms with Gasteiger partial charge in [-0.2, -0.15) is 0 Å². The van der Waals surface area contributed by atoms with Crippen LogP contribution in [0, 0.1) is 0 Å². The molecule has 2 aliphatic heterocycles. The van der Waals surface area contributed by atoms with Crippen LogP contribution in [-0.2, 0) is 20.9 Å². The van der Waals surface area contributed by atoms with E-state index in [1.54, 1.807) is 17.0 Å². The maximum absolute atomic E-state index is 13.3. The molecule has 1 fully saturated rings. The fraction of sp³-hybridized carbons (Fsp3) is 0.407. The van der Waals surface area contributed by atoms with Gasteiger partial charge in [-0.15, -0.1) is 0 Å². The van der Waals surface area contributed by atoms with Crippen LogP contribution in [0.3, 0.4) is 0 Å². The average molecular weight is 467 g/mol. The normalized spacial score (nSPS) is 19.6. The smallest absolute Gasteiger partial charge is 0.336 e. The molecule has 33 heavy (non-hydrogen) atoms. The van der Waals surface area contributed by atoms with Crippen LogP contribution in [-0.4, -0.2) is 47.9 Å². The maximum Gasteiger partial charge on any atom is 0.336 e. The van der Waals surface area contributed by atoms with Gasteiger partial charge in [0.05, 0.1) is 5.57 Å². The number of ether oxygens (including phenoxy) is 1. The summed E-state index contributed by atoms with van der Waals surface area (Å²) in [6, 6.07) is 17.0. The zero-order valence-corrected chi connectivity index (χ0v) is 19.9. The molecule has 0 saturated carbocycles. The first-order valence-electron chi connectivity index (χ1n) is 11.7. The van der Waals surface area contributed by atoms with Crippen LogP contribution in [0.4, 0.5) is 0 Å². The predicted molar refractivity (Wildman–Crippen MR) is 130 cm³/mol. The summed E-state index contributed by atoms with van der Waals surface area (Å²) < 4.78 is 5.72. The Morgan fingerprint density at radius 2 is 1.70 bits per heavy atom. The molecule has 0 bridgehead atoms. The summed E-state index contributed by atoms with van der Waals surface area (Å²) in [5, 5.41) is 0.623. The van der Waals surface area contributed by atoms with Crippen molar-refractivity contribution in [3.05, 3.63) is 82.0 Å². The number of rotatable bonds is 7. The zero-order chi connectivity index (χ0) is 23.2. The minimum atomic E-state index is -0.369. The third-order valence-corrected chi connectivity index (χ3v) is 6.87. The minimum absolute atomic E-state index is 0.0454. The highest BCUT2D eigenvalue weighted by Crippen LogP contribution is 2.37. The number of likely N-dealkylation sites (tertiary alicyclic amines) is 1. The van der Waals surface area contributed by atoms with Crippen LogP contribution in [0.25, 0.3) is 0 Å². The number of esters is 1. The van der Waals surface area contributed by atoms with E-state index >= 15 is 0 Å². The number of carbonyl (C=O) groups is 2. The summed E-state index contributed by atoms with van der Waals surface area (Å²) in [5.41, 5.74) is 3.09. The van der Waals surface area contributed by atoms with Crippen LogP contribution in [0.15, 0.2) is 65.9 Å². The van der Waals surface area contributed by atoms with Gasteiger partial charge in [-0.3, -0.25) is 4.79 Å². The standard InChI is InChI=1S/C27H31ClN2O3/c1-20-26(27(32)33-19-21-8-4-2-5-9-21)24(22-10-12-23(28)13-11-22)18-25(31)30(20)17-16-29-14-6-3-7-15-29/h2,4-5,8-13,24H,3,6-7,14-19H2,1H3. The molecular formula is C27H31ClN2O3. The van der Waals surface area contributed by atoms with E-state index in [2.05, 4.69) is 4.90 Å². The summed E-state index contributed by atoms with van der Waals surface area (Å²) in [5.74, 6) is -0.667. The Labute approximate surface area is 201 Å². The van der Waals surface area contributed by atoms with E-state index in [0.717, 1.165) is 30.8 Å². The predicted octanol–water partition coefficient (Wildman–Crippen LogP) is 5.16. The molecule has 2 aliphatic rings. The molecule has 2 aromatic carbocycles. The van der Waals surface area contributed by atoms with E-state index < -0.39 is 0 Å². The summed E-state index contributed by atoms with van der Waals surface area (Å²) >= 11 is 6.08. The molecule has 1 atom stereocenters. The molecule has 0 radical (unpaired) electrons. The van der Waals surface area contributed by atoms with E-state index in [9.17, 15) is 9.59 Å². The lowest BCUT2D eigenvalue weighted by molar-refractivity contribution is -0.141. The molecule has 0 aromatic heterocycles. The maximum atomic E-state index is 13.3. The molecule has 1 amide bonds. The summed E-state index contributed by atoms with van der Waals surface area (Å²) in [4.78, 5) is 30.7. The van der Waals surface area contributed by atoms with Gasteiger partial charge < -0.3 is 14.5 Å². The van der Waals surface area contributed by atoms with Crippen molar-refractivity contribution < 1.29 is 14.3 Å². The number of halogens is 1. The van der Waals surface area contributed by atoms with Gasteiger partial charge in [0.15, 0.2) is 0 Å². The van der Waals surface area contributed by atoms with Gasteiger partial charge in [-0.1, -0.05) is 60.5 Å². The van der Waals surface area contributed by atoms with E-state index in [1.165, 1.54) is 19.3 Å². The quantitative estimate of drug-likeness (QED) is 0.529. The summed E-state index contributed by atoms with van der Waals surface area (Å²) in [6.07, 6.45) is 3.93. The Morgan fingerprint density at radius 3 is 2.39 bits per heavy atom. The molecular weight excluding hydrogens is 436 g/mol. The fourth-order valence-corrected chi connectivity index (χ4v) is 4.88. The van der Waals surface area contributed by atoms with Crippen molar-refractivity contribution in [2.75, 3.05) is 26.2 Å². The number of benzene rings is 2. The van der Waals surface area contributed by atoms with E-state index in [4.69, 9.17) is 16.3 Å². The van der Waals surface area contributed by atoms with Gasteiger partial charge in [0.1, 0.15) is 6.61 Å². The van der Waals surface area contributed by atoms with E-state index in [1.807, 2.05) is 49.4 Å². The highest BCUT2D eigenvalue weighted by molar-refractivity contribution is 6.30. The van der Waals surface area contributed by atoms with Crippen molar-refractivity contribution in [3.8, 4) is 0 Å². The molecule has 174 valence electrons. The number of carbonyl (C=O) groups excluding carboxylic acids is 2. The average Bonchev–Trinajstić information content (AvgIpc) is 2.84. The van der Waals surface area contributed by atoms with Gasteiger partial charge in [0.25, 0.3) is 0 Å². The highest BCUT2D eigenvalue weighted by atomic mass is 35.5. The van der Waals surface area contributed by atoms with Gasteiger partial charge in [-0.05, 0) is 56.1 Å². The summed E-state index contributed by atoms with van der Waals surface area (Å²) in [6.45, 7) is 5.63. The molecule has 1 saturated heterocycles. The monoisotopic (exact) mass is 466 g/mol.